The van der Waals surface area contributed by atoms with Crippen molar-refractivity contribution in [2.45, 2.75) is 38.6 Å². The van der Waals surface area contributed by atoms with E-state index in [9.17, 15) is 9.59 Å². The van der Waals surface area contributed by atoms with E-state index in [0.29, 0.717) is 37.0 Å². The number of nitrogens with two attached hydrogens (primary N) is 1. The average molecular weight is 361 g/mol. The van der Waals surface area contributed by atoms with Crippen LogP contribution in [-0.4, -0.2) is 45.0 Å². The zero-order chi connectivity index (χ0) is 18.8. The number of anilines is 2. The summed E-state index contributed by atoms with van der Waals surface area (Å²) >= 11 is 0. The number of benzene rings is 1. The maximum Gasteiger partial charge on any atom is 0.414 e. The van der Waals surface area contributed by atoms with E-state index >= 15 is 0 Å². The van der Waals surface area contributed by atoms with Gasteiger partial charge in [0.05, 0.1) is 37.7 Å². The van der Waals surface area contributed by atoms with Crippen LogP contribution >= 0.6 is 0 Å². The molecule has 2 atom stereocenters. The normalized spacial score (nSPS) is 20.4. The number of methoxy groups -OCH3 is 1. The Morgan fingerprint density at radius 1 is 1.27 bits per heavy atom. The van der Waals surface area contributed by atoms with Crippen molar-refractivity contribution in [3.63, 3.8) is 0 Å². The van der Waals surface area contributed by atoms with Crippen molar-refractivity contribution in [2.24, 2.45) is 11.7 Å². The molecule has 1 saturated carbocycles. The van der Waals surface area contributed by atoms with Crippen molar-refractivity contribution >= 4 is 23.6 Å². The molecule has 1 fully saturated rings. The number of nitrogens with zero attached hydrogens (tertiary/aromatic N) is 2. The molecule has 7 nitrogen and oxygen atoms in total. The quantitative estimate of drug-likeness (QED) is 0.891. The second-order valence-electron chi connectivity index (χ2n) is 7.20. The van der Waals surface area contributed by atoms with Crippen LogP contribution in [0.1, 0.15) is 38.2 Å². The van der Waals surface area contributed by atoms with Gasteiger partial charge in [-0.05, 0) is 55.8 Å². The molecular weight excluding hydrogens is 334 g/mol. The van der Waals surface area contributed by atoms with Crippen molar-refractivity contribution in [3.8, 4) is 0 Å². The molecule has 2 aliphatic rings. The first-order valence-electron chi connectivity index (χ1n) is 9.11. The summed E-state index contributed by atoms with van der Waals surface area (Å²) in [4.78, 5) is 28.1. The van der Waals surface area contributed by atoms with Gasteiger partial charge in [-0.2, -0.15) is 0 Å². The van der Waals surface area contributed by atoms with Crippen LogP contribution < -0.4 is 15.5 Å². The molecule has 0 bridgehead atoms. The van der Waals surface area contributed by atoms with Gasteiger partial charge in [0.2, 0.25) is 0 Å². The van der Waals surface area contributed by atoms with Crippen LogP contribution in [0.2, 0.25) is 0 Å². The molecule has 2 amide bonds. The topological polar surface area (TPSA) is 85.1 Å². The summed E-state index contributed by atoms with van der Waals surface area (Å²) < 4.78 is 10.4. The lowest BCUT2D eigenvalue weighted by Crippen LogP contribution is -2.52. The van der Waals surface area contributed by atoms with Gasteiger partial charge in [-0.15, -0.1) is 0 Å². The van der Waals surface area contributed by atoms with Crippen molar-refractivity contribution in [2.75, 3.05) is 36.6 Å². The molecule has 1 unspecified atom stereocenters. The molecule has 7 heteroatoms. The largest absolute Gasteiger partial charge is 0.452 e. The van der Waals surface area contributed by atoms with Gasteiger partial charge in [0.15, 0.2) is 0 Å². The summed E-state index contributed by atoms with van der Waals surface area (Å²) in [6, 6.07) is 5.50. The van der Waals surface area contributed by atoms with E-state index in [1.54, 1.807) is 9.80 Å². The molecule has 1 aromatic carbocycles. The molecule has 2 N–H and O–H groups in total. The van der Waals surface area contributed by atoms with Crippen LogP contribution in [0, 0.1) is 5.92 Å². The maximum atomic E-state index is 12.7. The third kappa shape index (κ3) is 3.62. The van der Waals surface area contributed by atoms with E-state index in [1.807, 2.05) is 32.0 Å². The van der Waals surface area contributed by atoms with E-state index in [4.69, 9.17) is 15.2 Å². The highest BCUT2D eigenvalue weighted by Crippen LogP contribution is 2.38. The predicted molar refractivity (Wildman–Crippen MR) is 99.7 cm³/mol. The minimum atomic E-state index is -0.440. The highest BCUT2D eigenvalue weighted by molar-refractivity contribution is 6.00. The first-order valence-corrected chi connectivity index (χ1v) is 9.11. The number of rotatable bonds is 4. The van der Waals surface area contributed by atoms with E-state index in [0.717, 1.165) is 18.4 Å². The fourth-order valence-corrected chi connectivity index (χ4v) is 3.19. The molecule has 26 heavy (non-hydrogen) atoms. The van der Waals surface area contributed by atoms with Crippen LogP contribution in [0.4, 0.5) is 21.0 Å². The number of fused-ring (bicyclic) bond motifs is 1. The van der Waals surface area contributed by atoms with Crippen molar-refractivity contribution in [1.29, 1.82) is 0 Å². The highest BCUT2D eigenvalue weighted by Gasteiger charge is 2.37. The minimum absolute atomic E-state index is 0.149. The van der Waals surface area contributed by atoms with Gasteiger partial charge in [0, 0.05) is 0 Å². The third-order valence-electron chi connectivity index (χ3n) is 5.09. The molecule has 0 aromatic heterocycles. The van der Waals surface area contributed by atoms with Crippen molar-refractivity contribution in [1.82, 2.24) is 0 Å². The summed E-state index contributed by atoms with van der Waals surface area (Å²) in [6.07, 6.45) is 1.43. The Morgan fingerprint density at radius 2 is 2.00 bits per heavy atom. The van der Waals surface area contributed by atoms with Gasteiger partial charge in [-0.3, -0.25) is 9.80 Å². The van der Waals surface area contributed by atoms with E-state index in [-0.39, 0.29) is 18.1 Å². The Labute approximate surface area is 154 Å². The average Bonchev–Trinajstić information content (AvgIpc) is 3.48. The molecule has 1 heterocycles. The summed E-state index contributed by atoms with van der Waals surface area (Å²) in [5, 5.41) is 0. The molecule has 1 aromatic rings. The summed E-state index contributed by atoms with van der Waals surface area (Å²) in [5.74, 6) is 0.645. The van der Waals surface area contributed by atoms with E-state index < -0.39 is 6.09 Å². The lowest BCUT2D eigenvalue weighted by Gasteiger charge is -2.40. The first kappa shape index (κ1) is 18.5. The van der Waals surface area contributed by atoms with Crippen molar-refractivity contribution in [3.05, 3.63) is 23.8 Å². The number of hydrogen-bond donors (Lipinski definition) is 1. The zero-order valence-corrected chi connectivity index (χ0v) is 15.6. The van der Waals surface area contributed by atoms with Crippen molar-refractivity contribution < 1.29 is 19.1 Å². The van der Waals surface area contributed by atoms with Gasteiger partial charge >= 0.3 is 12.2 Å². The van der Waals surface area contributed by atoms with Gasteiger partial charge < -0.3 is 15.2 Å². The number of hydrogen-bond acceptors (Lipinski definition) is 5. The van der Waals surface area contributed by atoms with Gasteiger partial charge in [-0.1, -0.05) is 13.0 Å². The molecule has 0 radical (unpaired) electrons. The predicted octanol–water partition coefficient (Wildman–Crippen LogP) is 3.08. The first-order chi connectivity index (χ1) is 12.5. The number of carbonyl (C=O) groups is 2. The third-order valence-corrected chi connectivity index (χ3v) is 5.09. The Bertz CT molecular complexity index is 689. The smallest absolute Gasteiger partial charge is 0.414 e. The second-order valence-corrected chi connectivity index (χ2v) is 7.20. The van der Waals surface area contributed by atoms with Crippen LogP contribution in [0.3, 0.4) is 0 Å². The zero-order valence-electron chi connectivity index (χ0n) is 15.6. The van der Waals surface area contributed by atoms with Crippen LogP contribution in [0.15, 0.2) is 18.2 Å². The molecule has 3 rings (SSSR count). The second kappa shape index (κ2) is 7.53. The monoisotopic (exact) mass is 361 g/mol. The molecule has 1 aliphatic carbocycles. The van der Waals surface area contributed by atoms with Crippen LogP contribution in [0.25, 0.3) is 0 Å². The Balaban J connectivity index is 1.95. The number of ether oxygens (including phenoxy) is 2. The summed E-state index contributed by atoms with van der Waals surface area (Å²) in [5.41, 5.74) is 8.12. The summed E-state index contributed by atoms with van der Waals surface area (Å²) in [7, 11) is 1.36. The Hall–Kier alpha value is -2.28. The molecule has 0 saturated heterocycles. The maximum absolute atomic E-state index is 12.7. The lowest BCUT2D eigenvalue weighted by atomic mass is 9.98. The molecule has 0 spiro atoms. The molecule has 142 valence electrons. The van der Waals surface area contributed by atoms with Gasteiger partial charge in [0.1, 0.15) is 0 Å². The van der Waals surface area contributed by atoms with Gasteiger partial charge in [-0.25, -0.2) is 9.59 Å². The SMILES string of the molecule is COC(=O)N1c2ccc(C(C)CN)cc2N(C(=O)OCC2CC2)C[C@@H]1C. The minimum Gasteiger partial charge on any atom is -0.452 e. The number of amides is 2. The van der Waals surface area contributed by atoms with Crippen LogP contribution in [-0.2, 0) is 9.47 Å². The highest BCUT2D eigenvalue weighted by atomic mass is 16.6. The lowest BCUT2D eigenvalue weighted by molar-refractivity contribution is 0.147. The standard InChI is InChI=1S/C19H27N3O4/c1-12(9-20)15-6-7-16-17(8-15)21(18(23)26-11-14-4-5-14)10-13(2)22(16)19(24)25-3/h6-8,12-14H,4-5,9-11,20H2,1-3H3/t12?,13-/m0/s1. The van der Waals surface area contributed by atoms with Gasteiger partial charge in [0.25, 0.3) is 0 Å². The van der Waals surface area contributed by atoms with E-state index in [2.05, 4.69) is 0 Å². The Morgan fingerprint density at radius 3 is 2.62 bits per heavy atom. The molecule has 1 aliphatic heterocycles. The van der Waals surface area contributed by atoms with Crippen LogP contribution in [0.5, 0.6) is 0 Å². The molecular formula is C19H27N3O4. The Kier molecular flexibility index (Phi) is 5.36. The fourth-order valence-electron chi connectivity index (χ4n) is 3.19. The number of carbonyl (C=O) groups excluding carboxylic acids is 2. The fraction of sp³-hybridized carbons (Fsp3) is 0.579. The van der Waals surface area contributed by atoms with E-state index in [1.165, 1.54) is 7.11 Å². The summed E-state index contributed by atoms with van der Waals surface area (Å²) in [6.45, 7) is 5.23.